The summed E-state index contributed by atoms with van der Waals surface area (Å²) in [5, 5.41) is 6.24. The van der Waals surface area contributed by atoms with E-state index in [0.717, 1.165) is 32.6 Å². The van der Waals surface area contributed by atoms with Crippen LogP contribution in [0.5, 0.6) is 0 Å². The van der Waals surface area contributed by atoms with Crippen molar-refractivity contribution in [2.24, 2.45) is 16.7 Å². The van der Waals surface area contributed by atoms with Crippen LogP contribution in [0.1, 0.15) is 39.5 Å². The van der Waals surface area contributed by atoms with E-state index in [-0.39, 0.29) is 17.5 Å². The molecular weight excluding hydrogens is 268 g/mol. The van der Waals surface area contributed by atoms with Crippen molar-refractivity contribution in [2.75, 3.05) is 26.9 Å². The maximum atomic E-state index is 12.2. The third-order valence-electron chi connectivity index (χ3n) is 5.80. The van der Waals surface area contributed by atoms with Crippen LogP contribution in [0, 0.1) is 16.7 Å². The van der Waals surface area contributed by atoms with E-state index in [9.17, 15) is 4.79 Å². The summed E-state index contributed by atoms with van der Waals surface area (Å²) in [7, 11) is 1.73. The van der Waals surface area contributed by atoms with Gasteiger partial charge in [0.1, 0.15) is 0 Å². The Morgan fingerprint density at radius 1 is 1.38 bits per heavy atom. The number of ether oxygens (including phenoxy) is 2. The Hall–Kier alpha value is -0.810. The molecule has 5 heteroatoms. The number of urea groups is 1. The number of rotatable bonds is 6. The van der Waals surface area contributed by atoms with E-state index >= 15 is 0 Å². The molecule has 2 amide bonds. The number of methoxy groups -OCH3 is 1. The van der Waals surface area contributed by atoms with Crippen molar-refractivity contribution in [1.82, 2.24) is 10.6 Å². The van der Waals surface area contributed by atoms with Gasteiger partial charge >= 0.3 is 6.03 Å². The molecule has 3 atom stereocenters. The summed E-state index contributed by atoms with van der Waals surface area (Å²) in [6.07, 6.45) is 4.82. The second kappa shape index (κ2) is 5.43. The Morgan fingerprint density at radius 2 is 2.14 bits per heavy atom. The largest absolute Gasteiger partial charge is 0.385 e. The molecule has 3 aliphatic rings. The van der Waals surface area contributed by atoms with E-state index in [1.54, 1.807) is 7.11 Å². The van der Waals surface area contributed by atoms with Gasteiger partial charge in [-0.3, -0.25) is 0 Å². The molecule has 2 N–H and O–H groups in total. The Kier molecular flexibility index (Phi) is 3.91. The normalized spacial score (nSPS) is 34.7. The summed E-state index contributed by atoms with van der Waals surface area (Å²) < 4.78 is 10.9. The number of nitrogens with one attached hydrogen (secondary N) is 2. The van der Waals surface area contributed by atoms with E-state index in [4.69, 9.17) is 9.47 Å². The molecule has 0 aromatic rings. The smallest absolute Gasteiger partial charge is 0.315 e. The monoisotopic (exact) mass is 296 g/mol. The van der Waals surface area contributed by atoms with E-state index in [1.165, 1.54) is 12.8 Å². The molecule has 0 spiro atoms. The van der Waals surface area contributed by atoms with Gasteiger partial charge in [0.05, 0.1) is 6.10 Å². The van der Waals surface area contributed by atoms with Gasteiger partial charge in [-0.25, -0.2) is 4.79 Å². The van der Waals surface area contributed by atoms with Crippen LogP contribution < -0.4 is 10.6 Å². The maximum Gasteiger partial charge on any atom is 0.315 e. The first kappa shape index (κ1) is 15.1. The first-order valence-corrected chi connectivity index (χ1v) is 8.13. The van der Waals surface area contributed by atoms with Gasteiger partial charge in [-0.2, -0.15) is 0 Å². The average Bonchev–Trinajstić information content (AvgIpc) is 3.08. The Morgan fingerprint density at radius 3 is 2.81 bits per heavy atom. The van der Waals surface area contributed by atoms with Gasteiger partial charge in [-0.1, -0.05) is 13.8 Å². The number of amides is 2. The summed E-state index contributed by atoms with van der Waals surface area (Å²) in [6.45, 7) is 6.75. The molecule has 1 heterocycles. The maximum absolute atomic E-state index is 12.2. The summed E-state index contributed by atoms with van der Waals surface area (Å²) in [5.41, 5.74) is 0.341. The minimum absolute atomic E-state index is 0.0258. The zero-order valence-electron chi connectivity index (χ0n) is 13.4. The van der Waals surface area contributed by atoms with Gasteiger partial charge in [-0.15, -0.1) is 0 Å². The Bertz CT molecular complexity index is 406. The summed E-state index contributed by atoms with van der Waals surface area (Å²) in [6, 6.07) is 0.209. The van der Waals surface area contributed by atoms with Crippen LogP contribution in [0.2, 0.25) is 0 Å². The standard InChI is InChI=1S/C16H28N2O3/c1-15(2)12(11-4-8-21-13(11)15)18-14(19)17-10-16(5-6-16)7-9-20-3/h11-13H,4-10H2,1-3H3,(H2,17,18,19)/t11-,12-,13+/m1/s1. The molecule has 3 fully saturated rings. The lowest BCUT2D eigenvalue weighted by molar-refractivity contribution is -0.108. The Labute approximate surface area is 127 Å². The fraction of sp³-hybridized carbons (Fsp3) is 0.938. The summed E-state index contributed by atoms with van der Waals surface area (Å²) in [5.74, 6) is 0.495. The van der Waals surface area contributed by atoms with Crippen molar-refractivity contribution < 1.29 is 14.3 Å². The number of carbonyl (C=O) groups excluding carboxylic acids is 1. The topological polar surface area (TPSA) is 59.6 Å². The molecule has 21 heavy (non-hydrogen) atoms. The van der Waals surface area contributed by atoms with Crippen LogP contribution >= 0.6 is 0 Å². The highest BCUT2D eigenvalue weighted by molar-refractivity contribution is 5.74. The number of hydrogen-bond acceptors (Lipinski definition) is 3. The van der Waals surface area contributed by atoms with Gasteiger partial charge in [0.15, 0.2) is 0 Å². The van der Waals surface area contributed by atoms with Crippen LogP contribution in [0.3, 0.4) is 0 Å². The van der Waals surface area contributed by atoms with Crippen LogP contribution in [0.4, 0.5) is 4.79 Å². The Balaban J connectivity index is 1.45. The van der Waals surface area contributed by atoms with Gasteiger partial charge < -0.3 is 20.1 Å². The molecule has 0 unspecified atom stereocenters. The van der Waals surface area contributed by atoms with E-state index in [1.807, 2.05) is 0 Å². The molecule has 120 valence electrons. The van der Waals surface area contributed by atoms with Gasteiger partial charge in [-0.05, 0) is 31.1 Å². The van der Waals surface area contributed by atoms with Crippen molar-refractivity contribution in [3.05, 3.63) is 0 Å². The highest BCUT2D eigenvalue weighted by atomic mass is 16.5. The van der Waals surface area contributed by atoms with Crippen molar-refractivity contribution in [3.63, 3.8) is 0 Å². The lowest BCUT2D eigenvalue weighted by Crippen LogP contribution is -2.67. The van der Waals surface area contributed by atoms with Crippen LogP contribution in [0.25, 0.3) is 0 Å². The molecule has 0 aromatic heterocycles. The minimum atomic E-state index is -0.0258. The molecule has 1 aliphatic heterocycles. The van der Waals surface area contributed by atoms with E-state index in [0.29, 0.717) is 17.4 Å². The van der Waals surface area contributed by atoms with Gasteiger partial charge in [0.2, 0.25) is 0 Å². The average molecular weight is 296 g/mol. The second-order valence-corrected chi connectivity index (χ2v) is 7.61. The quantitative estimate of drug-likeness (QED) is 0.787. The molecule has 0 radical (unpaired) electrons. The number of fused-ring (bicyclic) bond motifs is 1. The molecule has 2 saturated carbocycles. The molecule has 2 aliphatic carbocycles. The third kappa shape index (κ3) is 2.78. The van der Waals surface area contributed by atoms with Crippen molar-refractivity contribution in [2.45, 2.75) is 51.7 Å². The van der Waals surface area contributed by atoms with E-state index < -0.39 is 0 Å². The lowest BCUT2D eigenvalue weighted by Gasteiger charge is -2.54. The van der Waals surface area contributed by atoms with Crippen molar-refractivity contribution in [1.29, 1.82) is 0 Å². The van der Waals surface area contributed by atoms with Crippen molar-refractivity contribution >= 4 is 6.03 Å². The first-order valence-electron chi connectivity index (χ1n) is 8.13. The highest BCUT2D eigenvalue weighted by Gasteiger charge is 2.59. The highest BCUT2D eigenvalue weighted by Crippen LogP contribution is 2.52. The molecule has 3 rings (SSSR count). The number of carbonyl (C=O) groups is 1. The van der Waals surface area contributed by atoms with Crippen molar-refractivity contribution in [3.8, 4) is 0 Å². The fourth-order valence-electron chi connectivity index (χ4n) is 4.09. The SMILES string of the molecule is COCCC1(CNC(=O)N[C@@H]2[C@H]3CCO[C@@H]3C2(C)C)CC1. The third-order valence-corrected chi connectivity index (χ3v) is 5.80. The van der Waals surface area contributed by atoms with Gasteiger partial charge in [0, 0.05) is 44.2 Å². The molecule has 0 bridgehead atoms. The molecule has 5 nitrogen and oxygen atoms in total. The summed E-state index contributed by atoms with van der Waals surface area (Å²) >= 11 is 0. The summed E-state index contributed by atoms with van der Waals surface area (Å²) in [4.78, 5) is 12.2. The van der Waals surface area contributed by atoms with E-state index in [2.05, 4.69) is 24.5 Å². The molecule has 0 aromatic carbocycles. The van der Waals surface area contributed by atoms with Crippen LogP contribution in [0.15, 0.2) is 0 Å². The lowest BCUT2D eigenvalue weighted by atomic mass is 9.57. The number of hydrogen-bond donors (Lipinski definition) is 2. The second-order valence-electron chi connectivity index (χ2n) is 7.61. The molecular formula is C16H28N2O3. The molecule has 1 saturated heterocycles. The van der Waals surface area contributed by atoms with Crippen LogP contribution in [-0.4, -0.2) is 45.0 Å². The predicted molar refractivity (Wildman–Crippen MR) is 80.1 cm³/mol. The van der Waals surface area contributed by atoms with Crippen LogP contribution in [-0.2, 0) is 9.47 Å². The first-order chi connectivity index (χ1) is 9.98. The predicted octanol–water partition coefficient (Wildman–Crippen LogP) is 1.92. The zero-order valence-corrected chi connectivity index (χ0v) is 13.4. The fourth-order valence-corrected chi connectivity index (χ4v) is 4.09. The zero-order chi connectivity index (χ0) is 15.1. The van der Waals surface area contributed by atoms with Gasteiger partial charge in [0.25, 0.3) is 0 Å². The minimum Gasteiger partial charge on any atom is -0.385 e.